The Kier molecular flexibility index (Phi) is 4.89. The molecule has 0 aliphatic heterocycles. The van der Waals surface area contributed by atoms with Crippen LogP contribution in [-0.4, -0.2) is 9.97 Å². The number of H-pyrrole nitrogens is 1. The third-order valence-electron chi connectivity index (χ3n) is 5.31. The monoisotopic (exact) mass is 406 g/mol. The first-order valence-electron chi connectivity index (χ1n) is 10.0. The topological polar surface area (TPSA) is 28.7 Å². The molecular formula is C27H22N2S. The number of aromatic nitrogens is 2. The number of hydrogen-bond acceptors (Lipinski definition) is 2. The Morgan fingerprint density at radius 3 is 2.40 bits per heavy atom. The number of thioether (sulfide) groups is 1. The van der Waals surface area contributed by atoms with Gasteiger partial charge >= 0.3 is 0 Å². The van der Waals surface area contributed by atoms with Gasteiger partial charge in [-0.2, -0.15) is 0 Å². The lowest BCUT2D eigenvalue weighted by atomic mass is 10.0. The van der Waals surface area contributed by atoms with E-state index >= 15 is 0 Å². The highest BCUT2D eigenvalue weighted by Crippen LogP contribution is 2.34. The van der Waals surface area contributed by atoms with Crippen molar-refractivity contribution in [2.45, 2.75) is 17.6 Å². The average Bonchev–Trinajstić information content (AvgIpc) is 3.17. The summed E-state index contributed by atoms with van der Waals surface area (Å²) in [7, 11) is 0. The Labute approximate surface area is 180 Å². The van der Waals surface area contributed by atoms with Gasteiger partial charge in [0.2, 0.25) is 0 Å². The van der Waals surface area contributed by atoms with Gasteiger partial charge in [-0.05, 0) is 42.3 Å². The quantitative estimate of drug-likeness (QED) is 0.303. The van der Waals surface area contributed by atoms with Crippen molar-refractivity contribution >= 4 is 39.1 Å². The molecule has 0 amide bonds. The van der Waals surface area contributed by atoms with Gasteiger partial charge in [0.05, 0.1) is 16.9 Å². The van der Waals surface area contributed by atoms with E-state index in [2.05, 4.69) is 96.5 Å². The van der Waals surface area contributed by atoms with Crippen molar-refractivity contribution in [2.24, 2.45) is 0 Å². The fourth-order valence-corrected chi connectivity index (χ4v) is 4.58. The molecule has 0 saturated carbocycles. The summed E-state index contributed by atoms with van der Waals surface area (Å²) in [6.07, 6.45) is 0. The Balaban J connectivity index is 1.54. The van der Waals surface area contributed by atoms with Crippen LogP contribution in [0.2, 0.25) is 0 Å². The first kappa shape index (κ1) is 18.7. The molecule has 0 spiro atoms. The molecule has 3 heteroatoms. The maximum absolute atomic E-state index is 4.95. The summed E-state index contributed by atoms with van der Waals surface area (Å²) in [6.45, 7) is 6.13. The number of nitrogens with one attached hydrogen (secondary N) is 1. The number of nitrogens with zero attached hydrogens (tertiary/aromatic N) is 1. The number of fused-ring (bicyclic) bond motifs is 3. The molecule has 0 atom stereocenters. The summed E-state index contributed by atoms with van der Waals surface area (Å²) in [5.41, 5.74) is 7.53. The molecule has 30 heavy (non-hydrogen) atoms. The van der Waals surface area contributed by atoms with E-state index in [4.69, 9.17) is 4.98 Å². The van der Waals surface area contributed by atoms with Crippen molar-refractivity contribution in [2.75, 3.05) is 0 Å². The molecule has 0 radical (unpaired) electrons. The zero-order chi connectivity index (χ0) is 20.5. The van der Waals surface area contributed by atoms with Gasteiger partial charge in [-0.25, -0.2) is 4.98 Å². The van der Waals surface area contributed by atoms with Crippen LogP contribution >= 0.6 is 11.8 Å². The maximum atomic E-state index is 4.95. The highest BCUT2D eigenvalue weighted by atomic mass is 32.2. The molecule has 0 fully saturated rings. The lowest BCUT2D eigenvalue weighted by molar-refractivity contribution is 1.28. The summed E-state index contributed by atoms with van der Waals surface area (Å²) >= 11 is 1.85. The minimum absolute atomic E-state index is 0.935. The molecule has 0 aliphatic carbocycles. The maximum Gasteiger partial charge on any atom is 0.0950 e. The largest absolute Gasteiger partial charge is 0.353 e. The normalized spacial score (nSPS) is 11.2. The first-order valence-corrected chi connectivity index (χ1v) is 11.0. The van der Waals surface area contributed by atoms with E-state index < -0.39 is 0 Å². The first-order chi connectivity index (χ1) is 14.7. The zero-order valence-corrected chi connectivity index (χ0v) is 17.7. The third-order valence-corrected chi connectivity index (χ3v) is 6.39. The van der Waals surface area contributed by atoms with Gasteiger partial charge in [-0.15, -0.1) is 11.8 Å². The van der Waals surface area contributed by atoms with Gasteiger partial charge in [0.1, 0.15) is 0 Å². The number of para-hydroxylation sites is 1. The van der Waals surface area contributed by atoms with Gasteiger partial charge in [0, 0.05) is 32.5 Å². The van der Waals surface area contributed by atoms with Crippen molar-refractivity contribution in [3.63, 3.8) is 0 Å². The lowest BCUT2D eigenvalue weighted by Crippen LogP contribution is -1.92. The van der Waals surface area contributed by atoms with Crippen molar-refractivity contribution in [1.82, 2.24) is 9.97 Å². The second-order valence-electron chi connectivity index (χ2n) is 7.53. The molecule has 5 rings (SSSR count). The number of aromatic amines is 1. The van der Waals surface area contributed by atoms with Gasteiger partial charge in [0.25, 0.3) is 0 Å². The second kappa shape index (κ2) is 7.85. The molecule has 0 saturated heterocycles. The van der Waals surface area contributed by atoms with Crippen LogP contribution in [0, 0.1) is 0 Å². The predicted octanol–water partition coefficient (Wildman–Crippen LogP) is 7.71. The van der Waals surface area contributed by atoms with Gasteiger partial charge in [0.15, 0.2) is 0 Å². The van der Waals surface area contributed by atoms with Crippen LogP contribution in [0.3, 0.4) is 0 Å². The van der Waals surface area contributed by atoms with E-state index in [1.165, 1.54) is 21.2 Å². The van der Waals surface area contributed by atoms with Gasteiger partial charge in [-0.1, -0.05) is 67.2 Å². The lowest BCUT2D eigenvalue weighted by Gasteiger charge is -2.08. The molecule has 3 aromatic carbocycles. The Bertz CT molecular complexity index is 1350. The Morgan fingerprint density at radius 2 is 1.63 bits per heavy atom. The Hall–Kier alpha value is -3.30. The van der Waals surface area contributed by atoms with Crippen molar-refractivity contribution in [1.29, 1.82) is 0 Å². The number of hydrogen-bond donors (Lipinski definition) is 1. The van der Waals surface area contributed by atoms with Crippen molar-refractivity contribution in [3.8, 4) is 11.3 Å². The Morgan fingerprint density at radius 1 is 0.900 bits per heavy atom. The van der Waals surface area contributed by atoms with Crippen LogP contribution < -0.4 is 0 Å². The summed E-state index contributed by atoms with van der Waals surface area (Å²) < 4.78 is 0. The highest BCUT2D eigenvalue weighted by molar-refractivity contribution is 7.98. The van der Waals surface area contributed by atoms with E-state index in [1.807, 2.05) is 18.7 Å². The molecule has 2 heterocycles. The van der Waals surface area contributed by atoms with E-state index in [9.17, 15) is 0 Å². The SMILES string of the molecule is C=C(C)c1cc2c([nH]c3ccccc32)c(-c2ccc(SCc3ccccc3)cc2)n1. The molecule has 0 aliphatic rings. The van der Waals surface area contributed by atoms with Crippen LogP contribution in [0.5, 0.6) is 0 Å². The highest BCUT2D eigenvalue weighted by Gasteiger charge is 2.14. The van der Waals surface area contributed by atoms with Crippen molar-refractivity contribution in [3.05, 3.63) is 103 Å². The van der Waals surface area contributed by atoms with Crippen molar-refractivity contribution < 1.29 is 0 Å². The number of rotatable bonds is 5. The molecular weight excluding hydrogens is 384 g/mol. The van der Waals surface area contributed by atoms with Crippen LogP contribution in [0.25, 0.3) is 38.6 Å². The minimum atomic E-state index is 0.935. The second-order valence-corrected chi connectivity index (χ2v) is 8.58. The van der Waals surface area contributed by atoms with Crippen LogP contribution in [0.1, 0.15) is 18.2 Å². The zero-order valence-electron chi connectivity index (χ0n) is 16.9. The summed E-state index contributed by atoms with van der Waals surface area (Å²) in [5, 5.41) is 2.41. The molecule has 5 aromatic rings. The molecule has 0 bridgehead atoms. The van der Waals surface area contributed by atoms with E-state index in [1.54, 1.807) is 0 Å². The summed E-state index contributed by atoms with van der Waals surface area (Å²) in [5.74, 6) is 0.968. The molecule has 1 N–H and O–H groups in total. The third kappa shape index (κ3) is 3.53. The predicted molar refractivity (Wildman–Crippen MR) is 130 cm³/mol. The fourth-order valence-electron chi connectivity index (χ4n) is 3.72. The molecule has 146 valence electrons. The van der Waals surface area contributed by atoms with Gasteiger partial charge < -0.3 is 4.98 Å². The smallest absolute Gasteiger partial charge is 0.0950 e. The van der Waals surface area contributed by atoms with E-state index in [0.29, 0.717) is 0 Å². The minimum Gasteiger partial charge on any atom is -0.353 e. The fraction of sp³-hybridized carbons (Fsp3) is 0.0741. The van der Waals surface area contributed by atoms with Crippen LogP contribution in [0.4, 0.5) is 0 Å². The number of benzene rings is 3. The van der Waals surface area contributed by atoms with E-state index in [-0.39, 0.29) is 0 Å². The summed E-state index contributed by atoms with van der Waals surface area (Å²) in [6, 6.07) is 29.8. The summed E-state index contributed by atoms with van der Waals surface area (Å²) in [4.78, 5) is 9.78. The van der Waals surface area contributed by atoms with E-state index in [0.717, 1.165) is 39.3 Å². The van der Waals surface area contributed by atoms with Crippen LogP contribution in [-0.2, 0) is 5.75 Å². The molecule has 0 unspecified atom stereocenters. The molecule has 2 aromatic heterocycles. The average molecular weight is 407 g/mol. The van der Waals surface area contributed by atoms with Crippen LogP contribution in [0.15, 0.2) is 96.4 Å². The standard InChI is InChI=1S/C27H22N2S/c1-18(2)25-16-23-22-10-6-7-11-24(22)28-27(23)26(29-25)20-12-14-21(15-13-20)30-17-19-8-4-3-5-9-19/h3-16,28H,1,17H2,2H3. The molecule has 2 nitrogen and oxygen atoms in total. The number of pyridine rings is 1. The number of allylic oxidation sites excluding steroid dienone is 1. The van der Waals surface area contributed by atoms with Gasteiger partial charge in [-0.3, -0.25) is 0 Å².